The van der Waals surface area contributed by atoms with E-state index in [1.54, 1.807) is 5.57 Å². The van der Waals surface area contributed by atoms with Gasteiger partial charge in [0.25, 0.3) is 0 Å². The predicted octanol–water partition coefficient (Wildman–Crippen LogP) is 12.0. The number of allylic oxidation sites excluding steroid dienone is 4. The van der Waals surface area contributed by atoms with Crippen molar-refractivity contribution in [2.75, 3.05) is 0 Å². The van der Waals surface area contributed by atoms with Crippen LogP contribution in [0.4, 0.5) is 0 Å². The molecule has 0 saturated heterocycles. The summed E-state index contributed by atoms with van der Waals surface area (Å²) in [6.45, 7) is 11.2. The molecule has 1 heteroatoms. The Labute approximate surface area is 268 Å². The molecule has 0 aliphatic heterocycles. The Morgan fingerprint density at radius 2 is 1.18 bits per heavy atom. The maximum absolute atomic E-state index is 4.93. The molecule has 0 radical (unpaired) electrons. The van der Waals surface area contributed by atoms with Gasteiger partial charge in [-0.25, -0.2) is 0 Å². The van der Waals surface area contributed by atoms with E-state index in [1.165, 1.54) is 89.9 Å². The van der Waals surface area contributed by atoms with Crippen molar-refractivity contribution in [3.8, 4) is 33.4 Å². The second kappa shape index (κ2) is 11.5. The van der Waals surface area contributed by atoms with Gasteiger partial charge in [-0.2, -0.15) is 0 Å². The highest BCUT2D eigenvalue weighted by Crippen LogP contribution is 2.48. The molecule has 0 heterocycles. The van der Waals surface area contributed by atoms with E-state index in [0.717, 1.165) is 17.7 Å². The van der Waals surface area contributed by atoms with Gasteiger partial charge in [0, 0.05) is 10.8 Å². The van der Waals surface area contributed by atoms with Gasteiger partial charge < -0.3 is 0 Å². The fourth-order valence-corrected chi connectivity index (χ4v) is 7.84. The molecule has 1 unspecified atom stereocenters. The predicted molar refractivity (Wildman–Crippen MR) is 192 cm³/mol. The minimum Gasteiger partial charge on any atom is -0.142 e. The maximum Gasteiger partial charge on any atom is 0.0153 e. The monoisotopic (exact) mass is 588 g/mol. The Hall–Kier alpha value is -4.07. The quantitative estimate of drug-likeness (QED) is 0.194. The smallest absolute Gasteiger partial charge is 0.0153 e. The molecule has 0 N–H and O–H groups in total. The lowest BCUT2D eigenvalue weighted by molar-refractivity contribution is 0.863. The molecule has 44 heavy (non-hydrogen) atoms. The van der Waals surface area contributed by atoms with Gasteiger partial charge in [-0.05, 0) is 136 Å². The van der Waals surface area contributed by atoms with Crippen LogP contribution in [0, 0.1) is 27.7 Å². The SMILES string of the molecule is Cc1c(C)c(C)c(-c2ccc(-c3ccc(-c4ccc5c(c4)C4=C(CCC=C4C(C)c4ccccc4)C5)cc3)cc2)c(S)c1C. The first kappa shape index (κ1) is 28.7. The van der Waals surface area contributed by atoms with Gasteiger partial charge >= 0.3 is 0 Å². The number of hydrogen-bond acceptors (Lipinski definition) is 1. The van der Waals surface area contributed by atoms with Gasteiger partial charge in [-0.15, -0.1) is 12.6 Å². The molecular formula is C43H40S. The van der Waals surface area contributed by atoms with E-state index >= 15 is 0 Å². The van der Waals surface area contributed by atoms with Gasteiger partial charge in [0.2, 0.25) is 0 Å². The summed E-state index contributed by atoms with van der Waals surface area (Å²) in [4.78, 5) is 1.09. The van der Waals surface area contributed by atoms with Crippen molar-refractivity contribution in [3.63, 3.8) is 0 Å². The van der Waals surface area contributed by atoms with Crippen molar-refractivity contribution in [3.05, 3.63) is 153 Å². The molecule has 5 aromatic rings. The zero-order valence-corrected chi connectivity index (χ0v) is 27.4. The van der Waals surface area contributed by atoms with Crippen molar-refractivity contribution in [2.45, 2.75) is 64.7 Å². The standard InChI is InChI=1S/C43H40S/c1-26-27(2)29(4)43(44)41(28(26)3)35-20-18-33(19-21-35)32-14-16-34(17-15-32)36-22-23-37-24-38-12-9-13-39(42(38)40(37)25-36)30(5)31-10-7-6-8-11-31/h6-8,10-11,13-23,25,30,44H,9,12,24H2,1-5H3. The third kappa shape index (κ3) is 4.88. The van der Waals surface area contributed by atoms with Crippen LogP contribution in [0.2, 0.25) is 0 Å². The number of fused-ring (bicyclic) bond motifs is 2. The molecule has 2 aliphatic carbocycles. The highest BCUT2D eigenvalue weighted by molar-refractivity contribution is 7.80. The van der Waals surface area contributed by atoms with Crippen LogP contribution in [0.25, 0.3) is 39.0 Å². The molecule has 0 nitrogen and oxygen atoms in total. The topological polar surface area (TPSA) is 0 Å². The first-order valence-corrected chi connectivity index (χ1v) is 16.4. The number of thiol groups is 1. The van der Waals surface area contributed by atoms with Gasteiger partial charge in [-0.1, -0.05) is 110 Å². The van der Waals surface area contributed by atoms with Crippen molar-refractivity contribution >= 4 is 18.2 Å². The molecule has 2 aliphatic rings. The van der Waals surface area contributed by atoms with E-state index in [4.69, 9.17) is 12.6 Å². The number of hydrogen-bond donors (Lipinski definition) is 1. The Morgan fingerprint density at radius 3 is 1.84 bits per heavy atom. The lowest BCUT2D eigenvalue weighted by atomic mass is 9.80. The highest BCUT2D eigenvalue weighted by atomic mass is 32.1. The van der Waals surface area contributed by atoms with Crippen LogP contribution in [0.3, 0.4) is 0 Å². The molecule has 7 rings (SSSR count). The fraction of sp³-hybridized carbons (Fsp3) is 0.209. The summed E-state index contributed by atoms with van der Waals surface area (Å²) in [5.74, 6) is 0.393. The van der Waals surface area contributed by atoms with Crippen molar-refractivity contribution in [2.24, 2.45) is 0 Å². The third-order valence-electron chi connectivity index (χ3n) is 10.4. The van der Waals surface area contributed by atoms with Gasteiger partial charge in [0.15, 0.2) is 0 Å². The summed E-state index contributed by atoms with van der Waals surface area (Å²) >= 11 is 4.93. The fourth-order valence-electron chi connectivity index (χ4n) is 7.37. The molecule has 0 spiro atoms. The number of rotatable bonds is 5. The second-order valence-corrected chi connectivity index (χ2v) is 13.2. The van der Waals surface area contributed by atoms with E-state index < -0.39 is 0 Å². The molecule has 0 bridgehead atoms. The molecular weight excluding hydrogens is 549 g/mol. The Morgan fingerprint density at radius 1 is 0.614 bits per heavy atom. The van der Waals surface area contributed by atoms with Gasteiger partial charge in [0.1, 0.15) is 0 Å². The van der Waals surface area contributed by atoms with Crippen molar-refractivity contribution in [1.29, 1.82) is 0 Å². The largest absolute Gasteiger partial charge is 0.142 e. The van der Waals surface area contributed by atoms with Crippen LogP contribution in [-0.4, -0.2) is 0 Å². The molecule has 218 valence electrons. The van der Waals surface area contributed by atoms with Gasteiger partial charge in [-0.3, -0.25) is 0 Å². The first-order valence-electron chi connectivity index (χ1n) is 15.9. The summed E-state index contributed by atoms with van der Waals surface area (Å²) < 4.78 is 0. The van der Waals surface area contributed by atoms with E-state index in [1.807, 2.05) is 0 Å². The Bertz CT molecular complexity index is 1920. The van der Waals surface area contributed by atoms with Crippen LogP contribution in [0.15, 0.2) is 119 Å². The van der Waals surface area contributed by atoms with E-state index in [0.29, 0.717) is 5.92 Å². The maximum atomic E-state index is 4.93. The van der Waals surface area contributed by atoms with E-state index in [-0.39, 0.29) is 0 Å². The Kier molecular flexibility index (Phi) is 7.47. The minimum absolute atomic E-state index is 0.393. The third-order valence-corrected chi connectivity index (χ3v) is 10.9. The van der Waals surface area contributed by atoms with Crippen LogP contribution >= 0.6 is 12.6 Å². The lowest BCUT2D eigenvalue weighted by Gasteiger charge is -2.24. The minimum atomic E-state index is 0.393. The van der Waals surface area contributed by atoms with Crippen LogP contribution in [0.1, 0.15) is 64.6 Å². The summed E-state index contributed by atoms with van der Waals surface area (Å²) in [6.07, 6.45) is 5.91. The second-order valence-electron chi connectivity index (χ2n) is 12.7. The lowest BCUT2D eigenvalue weighted by Crippen LogP contribution is -2.05. The number of benzene rings is 5. The molecule has 0 amide bonds. The van der Waals surface area contributed by atoms with Crippen LogP contribution < -0.4 is 0 Å². The van der Waals surface area contributed by atoms with Crippen LogP contribution in [-0.2, 0) is 6.42 Å². The van der Waals surface area contributed by atoms with E-state index in [2.05, 4.69) is 138 Å². The summed E-state index contributed by atoms with van der Waals surface area (Å²) in [5, 5.41) is 0. The summed E-state index contributed by atoms with van der Waals surface area (Å²) in [6, 6.07) is 36.2. The normalized spacial score (nSPS) is 14.7. The van der Waals surface area contributed by atoms with Gasteiger partial charge in [0.05, 0.1) is 0 Å². The molecule has 1 atom stereocenters. The summed E-state index contributed by atoms with van der Waals surface area (Å²) in [7, 11) is 0. The zero-order valence-electron chi connectivity index (χ0n) is 26.5. The van der Waals surface area contributed by atoms with E-state index in [9.17, 15) is 0 Å². The first-order chi connectivity index (χ1) is 21.3. The highest BCUT2D eigenvalue weighted by Gasteiger charge is 2.29. The average Bonchev–Trinajstić information content (AvgIpc) is 3.45. The molecule has 0 fully saturated rings. The van der Waals surface area contributed by atoms with Crippen molar-refractivity contribution < 1.29 is 0 Å². The summed E-state index contributed by atoms with van der Waals surface area (Å²) in [5.41, 5.74) is 21.7. The average molecular weight is 589 g/mol. The van der Waals surface area contributed by atoms with Crippen LogP contribution in [0.5, 0.6) is 0 Å². The molecule has 0 aromatic heterocycles. The molecule has 0 saturated carbocycles. The zero-order chi connectivity index (χ0) is 30.5. The Balaban J connectivity index is 1.16. The molecule has 5 aromatic carbocycles. The van der Waals surface area contributed by atoms with Crippen molar-refractivity contribution in [1.82, 2.24) is 0 Å².